The van der Waals surface area contributed by atoms with Gasteiger partial charge in [-0.05, 0) is 68.1 Å². The summed E-state index contributed by atoms with van der Waals surface area (Å²) in [6.07, 6.45) is 0. The van der Waals surface area contributed by atoms with Crippen molar-refractivity contribution < 1.29 is 0 Å². The lowest BCUT2D eigenvalue weighted by molar-refractivity contribution is 1.50. The van der Waals surface area contributed by atoms with Crippen molar-refractivity contribution in [1.82, 2.24) is 0 Å². The molecule has 0 heterocycles. The van der Waals surface area contributed by atoms with Crippen LogP contribution in [-0.2, 0) is 0 Å². The van der Waals surface area contributed by atoms with E-state index < -0.39 is 0 Å². The molecule has 6 aromatic carbocycles. The third-order valence-electron chi connectivity index (χ3n) is 6.71. The molecule has 206 valence electrons. The Balaban J connectivity index is 0.000000646. The maximum atomic E-state index is 3.63. The molecule has 0 unspecified atom stereocenters. The maximum absolute atomic E-state index is 3.63. The average Bonchev–Trinajstić information content (AvgIpc) is 3.06. The van der Waals surface area contributed by atoms with Crippen molar-refractivity contribution in [3.8, 4) is 11.8 Å². The molecule has 0 fully saturated rings. The predicted molar refractivity (Wildman–Crippen MR) is 184 cm³/mol. The first-order valence-corrected chi connectivity index (χ1v) is 15.1. The van der Waals surface area contributed by atoms with E-state index in [1.165, 1.54) is 54.2 Å². The van der Waals surface area contributed by atoms with Crippen molar-refractivity contribution in [3.63, 3.8) is 0 Å². The Morgan fingerprint density at radius 1 is 0.300 bits per heavy atom. The van der Waals surface area contributed by atoms with Gasteiger partial charge in [0.2, 0.25) is 0 Å². The van der Waals surface area contributed by atoms with E-state index in [4.69, 9.17) is 0 Å². The summed E-state index contributed by atoms with van der Waals surface area (Å²) in [5, 5.41) is 9.97. The van der Waals surface area contributed by atoms with Gasteiger partial charge in [0.05, 0.1) is 0 Å². The van der Waals surface area contributed by atoms with Crippen LogP contribution in [0.1, 0.15) is 77.6 Å². The number of fused-ring (bicyclic) bond motifs is 4. The highest BCUT2D eigenvalue weighted by Crippen LogP contribution is 2.34. The van der Waals surface area contributed by atoms with Crippen molar-refractivity contribution in [2.24, 2.45) is 0 Å². The largest absolute Gasteiger partial charge is 0.0683 e. The van der Waals surface area contributed by atoms with Crippen LogP contribution < -0.4 is 0 Å². The van der Waals surface area contributed by atoms with Crippen molar-refractivity contribution >= 4 is 43.1 Å². The van der Waals surface area contributed by atoms with Gasteiger partial charge in [-0.3, -0.25) is 0 Å². The Kier molecular flexibility index (Phi) is 13.0. The Morgan fingerprint density at radius 2 is 0.475 bits per heavy atom. The molecule has 0 atom stereocenters. The van der Waals surface area contributed by atoms with E-state index in [1.807, 2.05) is 55.4 Å². The molecule has 40 heavy (non-hydrogen) atoms. The van der Waals surface area contributed by atoms with E-state index in [9.17, 15) is 0 Å². The van der Waals surface area contributed by atoms with Crippen LogP contribution in [0.4, 0.5) is 0 Å². The minimum atomic E-state index is 1.11. The first-order valence-electron chi connectivity index (χ1n) is 15.1. The number of hydrogen-bond acceptors (Lipinski definition) is 0. The minimum absolute atomic E-state index is 1.11. The minimum Gasteiger partial charge on any atom is -0.0683 e. The fourth-order valence-electron chi connectivity index (χ4n) is 5.09. The van der Waals surface area contributed by atoms with Crippen LogP contribution in [-0.4, -0.2) is 0 Å². The van der Waals surface area contributed by atoms with Crippen LogP contribution in [0.2, 0.25) is 0 Å². The molecule has 0 amide bonds. The van der Waals surface area contributed by atoms with Gasteiger partial charge in [-0.2, -0.15) is 0 Å². The van der Waals surface area contributed by atoms with Gasteiger partial charge in [0.1, 0.15) is 0 Å². The lowest BCUT2D eigenvalue weighted by atomic mass is 9.91. The van der Waals surface area contributed by atoms with Gasteiger partial charge in [-0.15, -0.1) is 0 Å². The number of hydrogen-bond donors (Lipinski definition) is 0. The Bertz CT molecular complexity index is 1500. The smallest absolute Gasteiger partial charge is 0.0406 e. The molecule has 0 aliphatic rings. The second-order valence-corrected chi connectivity index (χ2v) is 8.43. The van der Waals surface area contributed by atoms with E-state index in [1.54, 1.807) is 0 Å². The molecular formula is C40H46. The summed E-state index contributed by atoms with van der Waals surface area (Å²) in [6.45, 7) is 20.4. The summed E-state index contributed by atoms with van der Waals surface area (Å²) in [4.78, 5) is 0. The molecule has 0 saturated heterocycles. The van der Waals surface area contributed by atoms with Crippen molar-refractivity contribution in [1.29, 1.82) is 0 Å². The van der Waals surface area contributed by atoms with Crippen molar-refractivity contribution in [3.05, 3.63) is 119 Å². The first-order chi connectivity index (χ1) is 19.7. The molecule has 0 radical (unpaired) electrons. The van der Waals surface area contributed by atoms with E-state index in [-0.39, 0.29) is 0 Å². The summed E-state index contributed by atoms with van der Waals surface area (Å²) in [6, 6.07) is 34.5. The van der Waals surface area contributed by atoms with Crippen LogP contribution in [0.3, 0.4) is 0 Å². The highest BCUT2D eigenvalue weighted by molar-refractivity contribution is 6.10. The van der Waals surface area contributed by atoms with Gasteiger partial charge in [0, 0.05) is 11.1 Å². The normalized spacial score (nSPS) is 9.55. The molecular weight excluding hydrogens is 480 g/mol. The lowest BCUT2D eigenvalue weighted by Crippen LogP contribution is -1.91. The Morgan fingerprint density at radius 3 is 0.675 bits per heavy atom. The second-order valence-electron chi connectivity index (χ2n) is 8.43. The molecule has 0 N–H and O–H groups in total. The summed E-state index contributed by atoms with van der Waals surface area (Å²) >= 11 is 0. The van der Waals surface area contributed by atoms with Crippen LogP contribution in [0, 0.1) is 25.7 Å². The van der Waals surface area contributed by atoms with Gasteiger partial charge < -0.3 is 0 Å². The van der Waals surface area contributed by atoms with E-state index in [2.05, 4.69) is 123 Å². The standard InChI is InChI=1S/C32H22.4C2H6/c1-21-23-11-3-7-15-27(23)31(28-16-8-4-12-24(21)28)19-20-32-29-17-9-5-13-25(29)22(2)26-14-6-10-18-30(26)32;4*1-2/h3-18H,1-2H3;4*1-2H3. The van der Waals surface area contributed by atoms with Gasteiger partial charge in [-0.25, -0.2) is 0 Å². The SMILES string of the molecule is CC.CC.CC.CC.Cc1c2ccccc2c(C#Cc2c3ccccc3c(C)c3ccccc23)c2ccccc12. The summed E-state index contributed by atoms with van der Waals surface area (Å²) in [5.74, 6) is 7.26. The zero-order chi connectivity index (χ0) is 29.7. The predicted octanol–water partition coefficient (Wildman–Crippen LogP) is 12.4. The van der Waals surface area contributed by atoms with Crippen LogP contribution in [0.15, 0.2) is 97.1 Å². The lowest BCUT2D eigenvalue weighted by Gasteiger charge is -2.12. The van der Waals surface area contributed by atoms with E-state index >= 15 is 0 Å². The summed E-state index contributed by atoms with van der Waals surface area (Å²) in [5.41, 5.74) is 4.84. The number of rotatable bonds is 0. The molecule has 6 rings (SSSR count). The Labute approximate surface area is 243 Å². The molecule has 0 aliphatic carbocycles. The zero-order valence-corrected chi connectivity index (χ0v) is 26.2. The Hall–Kier alpha value is -4.08. The molecule has 0 aromatic heterocycles. The monoisotopic (exact) mass is 526 g/mol. The fraction of sp³-hybridized carbons (Fsp3) is 0.250. The second kappa shape index (κ2) is 16.1. The zero-order valence-electron chi connectivity index (χ0n) is 26.2. The van der Waals surface area contributed by atoms with Crippen LogP contribution in [0.25, 0.3) is 43.1 Å². The van der Waals surface area contributed by atoms with E-state index in [0.717, 1.165) is 11.1 Å². The van der Waals surface area contributed by atoms with E-state index in [0.29, 0.717) is 0 Å². The molecule has 6 aromatic rings. The summed E-state index contributed by atoms with van der Waals surface area (Å²) in [7, 11) is 0. The third kappa shape index (κ3) is 6.21. The molecule has 0 saturated carbocycles. The molecule has 0 heteroatoms. The first kappa shape index (κ1) is 32.1. The van der Waals surface area contributed by atoms with Crippen molar-refractivity contribution in [2.75, 3.05) is 0 Å². The number of aryl methyl sites for hydroxylation is 2. The molecule has 0 nitrogen and oxygen atoms in total. The van der Waals surface area contributed by atoms with Crippen LogP contribution in [0.5, 0.6) is 0 Å². The highest BCUT2D eigenvalue weighted by atomic mass is 14.1. The van der Waals surface area contributed by atoms with Crippen LogP contribution >= 0.6 is 0 Å². The average molecular weight is 527 g/mol. The molecule has 0 spiro atoms. The summed E-state index contributed by atoms with van der Waals surface area (Å²) < 4.78 is 0. The molecule has 0 bridgehead atoms. The number of benzene rings is 6. The maximum Gasteiger partial charge on any atom is 0.0406 e. The fourth-order valence-corrected chi connectivity index (χ4v) is 5.09. The van der Waals surface area contributed by atoms with Gasteiger partial charge >= 0.3 is 0 Å². The topological polar surface area (TPSA) is 0 Å². The highest BCUT2D eigenvalue weighted by Gasteiger charge is 2.11. The third-order valence-corrected chi connectivity index (χ3v) is 6.71. The van der Waals surface area contributed by atoms with Gasteiger partial charge in [0.25, 0.3) is 0 Å². The quantitative estimate of drug-likeness (QED) is 0.136. The molecule has 0 aliphatic heterocycles. The van der Waals surface area contributed by atoms with Gasteiger partial charge in [0.15, 0.2) is 0 Å². The van der Waals surface area contributed by atoms with Gasteiger partial charge in [-0.1, -0.05) is 164 Å². The van der Waals surface area contributed by atoms with Crippen molar-refractivity contribution in [2.45, 2.75) is 69.2 Å².